The Labute approximate surface area is 156 Å². The Morgan fingerprint density at radius 2 is 2.07 bits per heavy atom. The van der Waals surface area contributed by atoms with Crippen LogP contribution in [0.2, 0.25) is 0 Å². The van der Waals surface area contributed by atoms with Crippen LogP contribution in [-0.4, -0.2) is 25.7 Å². The zero-order valence-corrected chi connectivity index (χ0v) is 14.8. The van der Waals surface area contributed by atoms with Crippen molar-refractivity contribution in [2.24, 2.45) is 0 Å². The Balaban J connectivity index is 1.69. The molecular weight excluding hydrogens is 367 g/mol. The number of benzene rings is 2. The lowest BCUT2D eigenvalue weighted by molar-refractivity contribution is 0.102. The number of hydrogen-bond acceptors (Lipinski definition) is 6. The number of halogens is 1. The monoisotopic (exact) mass is 378 g/mol. The minimum absolute atomic E-state index is 0.141. The van der Waals surface area contributed by atoms with Gasteiger partial charge in [0.05, 0.1) is 22.9 Å². The van der Waals surface area contributed by atoms with Gasteiger partial charge in [-0.3, -0.25) is 4.79 Å². The van der Waals surface area contributed by atoms with Crippen molar-refractivity contribution in [3.05, 3.63) is 65.2 Å². The maximum Gasteiger partial charge on any atom is 0.258 e. The van der Waals surface area contributed by atoms with E-state index in [4.69, 9.17) is 5.26 Å². The van der Waals surface area contributed by atoms with Crippen LogP contribution in [0, 0.1) is 24.1 Å². The number of hydrogen-bond donors (Lipinski definition) is 1. The summed E-state index contributed by atoms with van der Waals surface area (Å²) in [6, 6.07) is 12.7. The molecule has 1 N–H and O–H groups in total. The molecule has 0 aliphatic rings. The average Bonchev–Trinajstić information content (AvgIpc) is 3.24. The zero-order valence-electron chi connectivity index (χ0n) is 14.0. The van der Waals surface area contributed by atoms with Gasteiger partial charge in [-0.2, -0.15) is 14.9 Å². The molecule has 0 unspecified atom stereocenters. The predicted octanol–water partition coefficient (Wildman–Crippen LogP) is 3.42. The first-order chi connectivity index (χ1) is 13.1. The molecule has 0 aliphatic carbocycles. The van der Waals surface area contributed by atoms with Gasteiger partial charge in [-0.25, -0.2) is 4.39 Å². The molecule has 4 aromatic rings. The van der Waals surface area contributed by atoms with Gasteiger partial charge in [-0.15, -0.1) is 10.2 Å². The van der Waals surface area contributed by atoms with Crippen LogP contribution in [-0.2, 0) is 0 Å². The fourth-order valence-corrected chi connectivity index (χ4v) is 3.49. The van der Waals surface area contributed by atoms with Gasteiger partial charge in [0.25, 0.3) is 5.91 Å². The fraction of sp³-hybridized carbons (Fsp3) is 0.0556. The average molecular weight is 378 g/mol. The summed E-state index contributed by atoms with van der Waals surface area (Å²) in [7, 11) is 0. The summed E-state index contributed by atoms with van der Waals surface area (Å²) >= 11 is 1.33. The number of nitriles is 1. The molecule has 9 heteroatoms. The van der Waals surface area contributed by atoms with Crippen LogP contribution in [0.3, 0.4) is 0 Å². The first-order valence-electron chi connectivity index (χ1n) is 7.86. The minimum atomic E-state index is -0.751. The fourth-order valence-electron chi connectivity index (χ4n) is 2.56. The summed E-state index contributed by atoms with van der Waals surface area (Å²) in [5, 5.41) is 24.6. The second kappa shape index (κ2) is 6.59. The van der Waals surface area contributed by atoms with Gasteiger partial charge in [0, 0.05) is 5.56 Å². The number of fused-ring (bicyclic) bond motifs is 1. The maximum atomic E-state index is 14.1. The van der Waals surface area contributed by atoms with Gasteiger partial charge < -0.3 is 5.32 Å². The molecule has 0 atom stereocenters. The topological polar surface area (TPSA) is 96.0 Å². The highest BCUT2D eigenvalue weighted by Gasteiger charge is 2.17. The number of rotatable bonds is 3. The second-order valence-electron chi connectivity index (χ2n) is 5.65. The number of anilines is 1. The van der Waals surface area contributed by atoms with Crippen LogP contribution < -0.4 is 5.32 Å². The number of nitrogens with zero attached hydrogens (tertiary/aromatic N) is 5. The Morgan fingerprint density at radius 1 is 1.26 bits per heavy atom. The number of amides is 1. The summed E-state index contributed by atoms with van der Waals surface area (Å²) in [6.07, 6.45) is 0. The van der Waals surface area contributed by atoms with Crippen molar-refractivity contribution in [2.45, 2.75) is 6.92 Å². The van der Waals surface area contributed by atoms with Gasteiger partial charge in [0.2, 0.25) is 4.96 Å². The van der Waals surface area contributed by atoms with E-state index < -0.39 is 11.7 Å². The van der Waals surface area contributed by atoms with E-state index in [1.807, 2.05) is 18.2 Å². The number of nitrogens with one attached hydrogen (secondary N) is 1. The molecular formula is C18H11FN6OS. The van der Waals surface area contributed by atoms with Crippen molar-refractivity contribution < 1.29 is 9.18 Å². The van der Waals surface area contributed by atoms with Gasteiger partial charge in [-0.05, 0) is 37.3 Å². The SMILES string of the molecule is Cc1nnc2sc(-c3ccccc3NC(=O)c3ccc(C#N)cc3F)nn12. The van der Waals surface area contributed by atoms with E-state index in [1.54, 1.807) is 23.6 Å². The highest BCUT2D eigenvalue weighted by molar-refractivity contribution is 7.19. The molecule has 27 heavy (non-hydrogen) atoms. The lowest BCUT2D eigenvalue weighted by Gasteiger charge is -2.09. The van der Waals surface area contributed by atoms with Crippen LogP contribution in [0.25, 0.3) is 15.5 Å². The molecule has 2 heterocycles. The molecule has 4 rings (SSSR count). The lowest BCUT2D eigenvalue weighted by atomic mass is 10.1. The van der Waals surface area contributed by atoms with E-state index in [1.165, 1.54) is 23.5 Å². The van der Waals surface area contributed by atoms with Crippen molar-refractivity contribution >= 4 is 27.9 Å². The molecule has 0 spiro atoms. The molecule has 0 saturated heterocycles. The first kappa shape index (κ1) is 16.8. The van der Waals surface area contributed by atoms with E-state index in [9.17, 15) is 9.18 Å². The maximum absolute atomic E-state index is 14.1. The van der Waals surface area contributed by atoms with Crippen molar-refractivity contribution in [1.82, 2.24) is 19.8 Å². The third-order valence-corrected chi connectivity index (χ3v) is 4.83. The Morgan fingerprint density at radius 3 is 2.81 bits per heavy atom. The summed E-state index contributed by atoms with van der Waals surface area (Å²) in [5.74, 6) is -0.698. The standard InChI is InChI=1S/C18H11FN6OS/c1-10-22-23-18-25(10)24-17(27-18)13-4-2-3-5-15(13)21-16(26)12-7-6-11(9-20)8-14(12)19/h2-8H,1H3,(H,21,26). The van der Waals surface area contributed by atoms with Crippen molar-refractivity contribution in [2.75, 3.05) is 5.32 Å². The van der Waals surface area contributed by atoms with Crippen molar-refractivity contribution in [3.8, 4) is 16.6 Å². The molecule has 2 aromatic heterocycles. The van der Waals surface area contributed by atoms with Crippen LogP contribution in [0.4, 0.5) is 10.1 Å². The lowest BCUT2D eigenvalue weighted by Crippen LogP contribution is -2.14. The van der Waals surface area contributed by atoms with Crippen LogP contribution in [0.5, 0.6) is 0 Å². The Kier molecular flexibility index (Phi) is 4.10. The molecule has 1 amide bonds. The molecule has 7 nitrogen and oxygen atoms in total. The summed E-state index contributed by atoms with van der Waals surface area (Å²) in [5.41, 5.74) is 1.20. The molecule has 2 aromatic carbocycles. The smallest absolute Gasteiger partial charge is 0.258 e. The van der Waals surface area contributed by atoms with Gasteiger partial charge >= 0.3 is 0 Å². The van der Waals surface area contributed by atoms with Crippen LogP contribution in [0.15, 0.2) is 42.5 Å². The molecule has 0 saturated carbocycles. The second-order valence-corrected chi connectivity index (χ2v) is 6.61. The van der Waals surface area contributed by atoms with E-state index >= 15 is 0 Å². The third-order valence-electron chi connectivity index (χ3n) is 3.90. The largest absolute Gasteiger partial charge is 0.321 e. The van der Waals surface area contributed by atoms with E-state index in [0.29, 0.717) is 27.0 Å². The number of aromatic nitrogens is 4. The number of para-hydroxylation sites is 1. The highest BCUT2D eigenvalue weighted by Crippen LogP contribution is 2.31. The normalized spacial score (nSPS) is 10.7. The molecule has 0 fully saturated rings. The van der Waals surface area contributed by atoms with E-state index in [0.717, 1.165) is 6.07 Å². The number of carbonyl (C=O) groups is 1. The Hall–Kier alpha value is -3.64. The molecule has 0 aliphatic heterocycles. The van der Waals surface area contributed by atoms with Crippen molar-refractivity contribution in [1.29, 1.82) is 5.26 Å². The summed E-state index contributed by atoms with van der Waals surface area (Å²) in [6.45, 7) is 1.80. The molecule has 0 radical (unpaired) electrons. The molecule has 0 bridgehead atoms. The highest BCUT2D eigenvalue weighted by atomic mass is 32.1. The number of carbonyl (C=O) groups excluding carboxylic acids is 1. The Bertz CT molecular complexity index is 1220. The van der Waals surface area contributed by atoms with Gasteiger partial charge in [0.15, 0.2) is 5.82 Å². The van der Waals surface area contributed by atoms with Crippen molar-refractivity contribution in [3.63, 3.8) is 0 Å². The zero-order chi connectivity index (χ0) is 19.0. The number of aryl methyl sites for hydroxylation is 1. The van der Waals surface area contributed by atoms with Gasteiger partial charge in [-0.1, -0.05) is 23.5 Å². The summed E-state index contributed by atoms with van der Waals surface area (Å²) in [4.78, 5) is 13.2. The van der Waals surface area contributed by atoms with Gasteiger partial charge in [0.1, 0.15) is 10.8 Å². The minimum Gasteiger partial charge on any atom is -0.321 e. The van der Waals surface area contributed by atoms with E-state index in [2.05, 4.69) is 20.6 Å². The predicted molar refractivity (Wildman–Crippen MR) is 97.9 cm³/mol. The molecule has 132 valence electrons. The first-order valence-corrected chi connectivity index (χ1v) is 8.67. The summed E-state index contributed by atoms with van der Waals surface area (Å²) < 4.78 is 15.7. The quantitative estimate of drug-likeness (QED) is 0.589. The van der Waals surface area contributed by atoms with Crippen LogP contribution >= 0.6 is 11.3 Å². The third kappa shape index (κ3) is 3.02. The van der Waals surface area contributed by atoms with E-state index in [-0.39, 0.29) is 11.1 Å². The van der Waals surface area contributed by atoms with Crippen LogP contribution in [0.1, 0.15) is 21.7 Å².